The topological polar surface area (TPSA) is 29.3 Å². The number of aryl methyl sites for hydroxylation is 1. The van der Waals surface area contributed by atoms with E-state index >= 15 is 0 Å². The first-order valence-electron chi connectivity index (χ1n) is 12.1. The van der Waals surface area contributed by atoms with Crippen molar-refractivity contribution in [2.75, 3.05) is 19.6 Å². The summed E-state index contributed by atoms with van der Waals surface area (Å²) in [7, 11) is 0. The molecule has 0 aliphatic carbocycles. The molecule has 0 spiro atoms. The lowest BCUT2D eigenvalue weighted by Gasteiger charge is -2.36. The average molecular weight is 482 g/mol. The molecular weight excluding hydrogens is 447 g/mol. The zero-order chi connectivity index (χ0) is 23.1. The van der Waals surface area contributed by atoms with E-state index in [1.807, 2.05) is 12.1 Å². The highest BCUT2D eigenvalue weighted by Crippen LogP contribution is 2.31. The van der Waals surface area contributed by atoms with Crippen molar-refractivity contribution in [3.05, 3.63) is 106 Å². The molecule has 1 atom stereocenters. The molecule has 0 aromatic heterocycles. The normalized spacial score (nSPS) is 17.1. The van der Waals surface area contributed by atoms with Crippen LogP contribution in [0.2, 0.25) is 10.0 Å². The van der Waals surface area contributed by atoms with Gasteiger partial charge in [-0.2, -0.15) is 0 Å². The minimum Gasteiger partial charge on any atom is -0.321 e. The summed E-state index contributed by atoms with van der Waals surface area (Å²) >= 11 is 12.3. The van der Waals surface area contributed by atoms with Gasteiger partial charge in [-0.15, -0.1) is 0 Å². The highest BCUT2D eigenvalue weighted by molar-refractivity contribution is 6.42. The second-order valence-corrected chi connectivity index (χ2v) is 10.3. The van der Waals surface area contributed by atoms with E-state index in [9.17, 15) is 0 Å². The number of hydrogen-bond donors (Lipinski definition) is 1. The predicted octanol–water partition coefficient (Wildman–Crippen LogP) is 7.13. The van der Waals surface area contributed by atoms with Gasteiger partial charge in [0, 0.05) is 12.1 Å². The standard InChI is InChI=1S/C29H34Cl2N2/c30-27-12-11-24(22-28(27)31)13-16-29(32,26-9-5-2-6-10-26)17-20-33-18-14-25(15-19-33)21-23-7-3-1-4-8-23/h1-12,22,25H,13-21,32H2. The minimum atomic E-state index is -0.367. The first-order valence-corrected chi connectivity index (χ1v) is 12.8. The van der Waals surface area contributed by atoms with Gasteiger partial charge in [0.25, 0.3) is 0 Å². The van der Waals surface area contributed by atoms with Crippen LogP contribution in [0.25, 0.3) is 0 Å². The van der Waals surface area contributed by atoms with Crippen molar-refractivity contribution < 1.29 is 0 Å². The van der Waals surface area contributed by atoms with Crippen molar-refractivity contribution in [3.63, 3.8) is 0 Å². The van der Waals surface area contributed by atoms with Crippen LogP contribution >= 0.6 is 23.2 Å². The Bertz CT molecular complexity index is 1000. The summed E-state index contributed by atoms with van der Waals surface area (Å²) < 4.78 is 0. The number of benzene rings is 3. The third-order valence-corrected chi connectivity index (χ3v) is 7.88. The van der Waals surface area contributed by atoms with Crippen LogP contribution in [-0.4, -0.2) is 24.5 Å². The maximum absolute atomic E-state index is 7.10. The molecule has 0 amide bonds. The maximum atomic E-state index is 7.10. The van der Waals surface area contributed by atoms with Gasteiger partial charge in [0.1, 0.15) is 0 Å². The van der Waals surface area contributed by atoms with Gasteiger partial charge < -0.3 is 10.6 Å². The Morgan fingerprint density at radius 3 is 2.12 bits per heavy atom. The summed E-state index contributed by atoms with van der Waals surface area (Å²) in [5.74, 6) is 0.787. The maximum Gasteiger partial charge on any atom is 0.0595 e. The lowest BCUT2D eigenvalue weighted by atomic mass is 9.82. The van der Waals surface area contributed by atoms with E-state index < -0.39 is 0 Å². The van der Waals surface area contributed by atoms with Crippen LogP contribution in [0.4, 0.5) is 0 Å². The Kier molecular flexibility index (Phi) is 8.49. The summed E-state index contributed by atoms with van der Waals surface area (Å²) in [6.45, 7) is 3.36. The SMILES string of the molecule is NC(CCc1ccc(Cl)c(Cl)c1)(CCN1CCC(Cc2ccccc2)CC1)c1ccccc1. The smallest absolute Gasteiger partial charge is 0.0595 e. The summed E-state index contributed by atoms with van der Waals surface area (Å²) in [5.41, 5.74) is 10.6. The second-order valence-electron chi connectivity index (χ2n) is 9.50. The molecule has 0 radical (unpaired) electrons. The van der Waals surface area contributed by atoms with E-state index in [0.29, 0.717) is 10.0 Å². The molecule has 1 aliphatic heterocycles. The van der Waals surface area contributed by atoms with Gasteiger partial charge in [-0.05, 0) is 86.4 Å². The molecule has 1 heterocycles. The van der Waals surface area contributed by atoms with Crippen LogP contribution in [0.3, 0.4) is 0 Å². The largest absolute Gasteiger partial charge is 0.321 e. The lowest BCUT2D eigenvalue weighted by molar-refractivity contribution is 0.166. The highest BCUT2D eigenvalue weighted by Gasteiger charge is 2.29. The number of hydrogen-bond acceptors (Lipinski definition) is 2. The summed E-state index contributed by atoms with van der Waals surface area (Å²) in [6, 6.07) is 27.4. The van der Waals surface area contributed by atoms with Crippen LogP contribution in [0, 0.1) is 5.92 Å². The van der Waals surface area contributed by atoms with Gasteiger partial charge in [0.2, 0.25) is 0 Å². The quantitative estimate of drug-likeness (QED) is 0.352. The molecule has 3 aromatic carbocycles. The zero-order valence-electron chi connectivity index (χ0n) is 19.2. The molecule has 2 N–H and O–H groups in total. The van der Waals surface area contributed by atoms with E-state index in [1.54, 1.807) is 0 Å². The first-order chi connectivity index (χ1) is 16.0. The third kappa shape index (κ3) is 6.83. The molecule has 1 saturated heterocycles. The number of piperidine rings is 1. The number of nitrogens with zero attached hydrogens (tertiary/aromatic N) is 1. The molecule has 1 unspecified atom stereocenters. The van der Waals surface area contributed by atoms with Gasteiger partial charge in [-0.25, -0.2) is 0 Å². The lowest BCUT2D eigenvalue weighted by Crippen LogP contribution is -2.43. The molecule has 4 heteroatoms. The van der Waals surface area contributed by atoms with Crippen LogP contribution < -0.4 is 5.73 Å². The van der Waals surface area contributed by atoms with Crippen LogP contribution in [-0.2, 0) is 18.4 Å². The Balaban J connectivity index is 1.34. The summed E-state index contributed by atoms with van der Waals surface area (Å²) in [5, 5.41) is 1.20. The summed E-state index contributed by atoms with van der Waals surface area (Å²) in [4.78, 5) is 2.60. The fraction of sp³-hybridized carbons (Fsp3) is 0.379. The molecule has 0 saturated carbocycles. The van der Waals surface area contributed by atoms with Crippen LogP contribution in [0.5, 0.6) is 0 Å². The van der Waals surface area contributed by atoms with Crippen molar-refractivity contribution in [2.45, 2.75) is 44.1 Å². The van der Waals surface area contributed by atoms with Gasteiger partial charge in [-0.1, -0.05) is 89.9 Å². The van der Waals surface area contributed by atoms with Crippen molar-refractivity contribution in [1.82, 2.24) is 4.90 Å². The van der Waals surface area contributed by atoms with E-state index in [4.69, 9.17) is 28.9 Å². The fourth-order valence-electron chi connectivity index (χ4n) is 4.97. The fourth-order valence-corrected chi connectivity index (χ4v) is 5.29. The van der Waals surface area contributed by atoms with Crippen LogP contribution in [0.1, 0.15) is 42.4 Å². The van der Waals surface area contributed by atoms with Crippen molar-refractivity contribution in [3.8, 4) is 0 Å². The van der Waals surface area contributed by atoms with Crippen LogP contribution in [0.15, 0.2) is 78.9 Å². The number of nitrogens with two attached hydrogens (primary N) is 1. The Hall–Kier alpha value is -1.84. The molecule has 1 fully saturated rings. The molecule has 4 rings (SSSR count). The Morgan fingerprint density at radius 2 is 1.45 bits per heavy atom. The van der Waals surface area contributed by atoms with Gasteiger partial charge in [-0.3, -0.25) is 0 Å². The second kappa shape index (κ2) is 11.5. The van der Waals surface area contributed by atoms with Gasteiger partial charge >= 0.3 is 0 Å². The Morgan fingerprint density at radius 1 is 0.788 bits per heavy atom. The molecule has 2 nitrogen and oxygen atoms in total. The Labute approximate surface area is 208 Å². The molecule has 33 heavy (non-hydrogen) atoms. The average Bonchev–Trinajstić information content (AvgIpc) is 2.85. The monoisotopic (exact) mass is 480 g/mol. The highest BCUT2D eigenvalue weighted by atomic mass is 35.5. The van der Waals surface area contributed by atoms with Crippen molar-refractivity contribution >= 4 is 23.2 Å². The molecule has 0 bridgehead atoms. The summed E-state index contributed by atoms with van der Waals surface area (Å²) in [6.07, 6.45) is 6.42. The molecule has 3 aromatic rings. The van der Waals surface area contributed by atoms with Crippen molar-refractivity contribution in [1.29, 1.82) is 0 Å². The zero-order valence-corrected chi connectivity index (χ0v) is 20.7. The first kappa shape index (κ1) is 24.3. The number of rotatable bonds is 9. The minimum absolute atomic E-state index is 0.367. The molecular formula is C29H34Cl2N2. The van der Waals surface area contributed by atoms with E-state index in [-0.39, 0.29) is 5.54 Å². The van der Waals surface area contributed by atoms with Gasteiger partial charge in [0.05, 0.1) is 10.0 Å². The van der Waals surface area contributed by atoms with E-state index in [0.717, 1.165) is 44.8 Å². The molecule has 1 aliphatic rings. The number of likely N-dealkylation sites (tertiary alicyclic amines) is 1. The predicted molar refractivity (Wildman–Crippen MR) is 141 cm³/mol. The van der Waals surface area contributed by atoms with Gasteiger partial charge in [0.15, 0.2) is 0 Å². The third-order valence-electron chi connectivity index (χ3n) is 7.14. The van der Waals surface area contributed by atoms with E-state index in [1.165, 1.54) is 36.0 Å². The van der Waals surface area contributed by atoms with Crippen molar-refractivity contribution in [2.24, 2.45) is 11.7 Å². The van der Waals surface area contributed by atoms with E-state index in [2.05, 4.69) is 71.6 Å². The number of halogens is 2. The molecule has 174 valence electrons.